The minimum Gasteiger partial charge on any atom is -0.485 e. The molecule has 0 aliphatic carbocycles. The monoisotopic (exact) mass is 249 g/mol. The molecule has 0 spiro atoms. The van der Waals surface area contributed by atoms with Gasteiger partial charge in [0.05, 0.1) is 17.5 Å². The summed E-state index contributed by atoms with van der Waals surface area (Å²) in [6.45, 7) is 1.85. The van der Waals surface area contributed by atoms with Crippen molar-refractivity contribution in [2.75, 3.05) is 19.7 Å². The summed E-state index contributed by atoms with van der Waals surface area (Å²) in [5.74, 6) is 1.69. The van der Waals surface area contributed by atoms with Crippen molar-refractivity contribution in [1.29, 1.82) is 0 Å². The van der Waals surface area contributed by atoms with E-state index in [9.17, 15) is 10.1 Å². The molecule has 18 heavy (non-hydrogen) atoms. The number of hydrogen-bond donors (Lipinski definition) is 1. The van der Waals surface area contributed by atoms with Crippen LogP contribution in [0.1, 0.15) is 0 Å². The van der Waals surface area contributed by atoms with Gasteiger partial charge >= 0.3 is 0 Å². The molecular formula is C11H11N3O4. The summed E-state index contributed by atoms with van der Waals surface area (Å²) in [6.07, 6.45) is -0.263. The maximum Gasteiger partial charge on any atom is 0.273 e. The number of nitro benzene ring substituents is 1. The Bertz CT molecular complexity index is 529. The van der Waals surface area contributed by atoms with Crippen LogP contribution in [0, 0.1) is 10.1 Å². The zero-order valence-electron chi connectivity index (χ0n) is 9.46. The molecule has 1 atom stereocenters. The van der Waals surface area contributed by atoms with E-state index in [0.29, 0.717) is 18.1 Å². The second kappa shape index (κ2) is 4.17. The van der Waals surface area contributed by atoms with Crippen LogP contribution < -0.4 is 14.8 Å². The molecule has 3 rings (SSSR count). The minimum absolute atomic E-state index is 0.00729. The summed E-state index contributed by atoms with van der Waals surface area (Å²) < 4.78 is 11.2. The molecule has 2 aliphatic rings. The van der Waals surface area contributed by atoms with E-state index in [2.05, 4.69) is 10.3 Å². The van der Waals surface area contributed by atoms with Gasteiger partial charge in [0.2, 0.25) is 0 Å². The van der Waals surface area contributed by atoms with Gasteiger partial charge in [-0.15, -0.1) is 0 Å². The standard InChI is InChI=1S/C11H11N3O4/c15-14(16)7-1-2-8-9(5-7)17-6-10(18-8)11-12-3-4-13-11/h1-2,5,10H,3-4,6H2,(H,12,13). The fraction of sp³-hybridized carbons (Fsp3) is 0.364. The summed E-state index contributed by atoms with van der Waals surface area (Å²) in [5.41, 5.74) is -0.00729. The molecule has 0 saturated heterocycles. The Hall–Kier alpha value is -2.31. The Morgan fingerprint density at radius 3 is 3.06 bits per heavy atom. The average molecular weight is 249 g/mol. The zero-order chi connectivity index (χ0) is 12.5. The van der Waals surface area contributed by atoms with E-state index in [1.807, 2.05) is 0 Å². The van der Waals surface area contributed by atoms with Gasteiger partial charge in [-0.2, -0.15) is 0 Å². The van der Waals surface area contributed by atoms with Gasteiger partial charge in [0, 0.05) is 12.6 Å². The smallest absolute Gasteiger partial charge is 0.273 e. The van der Waals surface area contributed by atoms with Crippen LogP contribution in [-0.2, 0) is 0 Å². The van der Waals surface area contributed by atoms with Gasteiger partial charge in [0.25, 0.3) is 5.69 Å². The highest BCUT2D eigenvalue weighted by atomic mass is 16.6. The van der Waals surface area contributed by atoms with Crippen molar-refractivity contribution >= 4 is 11.5 Å². The summed E-state index contributed by atoms with van der Waals surface area (Å²) in [7, 11) is 0. The second-order valence-corrected chi connectivity index (χ2v) is 4.00. The predicted octanol–water partition coefficient (Wildman–Crippen LogP) is 0.736. The number of rotatable bonds is 2. The Kier molecular flexibility index (Phi) is 2.51. The van der Waals surface area contributed by atoms with E-state index in [1.165, 1.54) is 12.1 Å². The van der Waals surface area contributed by atoms with Gasteiger partial charge in [-0.25, -0.2) is 0 Å². The molecule has 0 radical (unpaired) electrons. The van der Waals surface area contributed by atoms with Crippen molar-refractivity contribution in [1.82, 2.24) is 5.32 Å². The molecule has 1 aromatic rings. The fourth-order valence-corrected chi connectivity index (χ4v) is 1.94. The molecule has 2 heterocycles. The number of nitro groups is 1. The maximum absolute atomic E-state index is 10.6. The molecule has 94 valence electrons. The first-order valence-electron chi connectivity index (χ1n) is 5.60. The third-order valence-corrected chi connectivity index (χ3v) is 2.80. The Balaban J connectivity index is 1.83. The van der Waals surface area contributed by atoms with Gasteiger partial charge in [-0.1, -0.05) is 0 Å². The summed E-state index contributed by atoms with van der Waals surface area (Å²) in [5, 5.41) is 13.8. The summed E-state index contributed by atoms with van der Waals surface area (Å²) in [6, 6.07) is 4.32. The van der Waals surface area contributed by atoms with Crippen LogP contribution in [0.5, 0.6) is 11.5 Å². The Morgan fingerprint density at radius 2 is 2.33 bits per heavy atom. The first-order valence-corrected chi connectivity index (χ1v) is 5.60. The third-order valence-electron chi connectivity index (χ3n) is 2.80. The number of non-ortho nitro benzene ring substituents is 1. The molecular weight excluding hydrogens is 238 g/mol. The van der Waals surface area contributed by atoms with Crippen LogP contribution in [-0.4, -0.2) is 36.6 Å². The highest BCUT2D eigenvalue weighted by Gasteiger charge is 2.28. The molecule has 0 amide bonds. The molecule has 2 aliphatic heterocycles. The number of fused-ring (bicyclic) bond motifs is 1. The SMILES string of the molecule is O=[N+]([O-])c1ccc2c(c1)OCC(C1=NCCN1)O2. The van der Waals surface area contributed by atoms with Gasteiger partial charge < -0.3 is 14.8 Å². The zero-order valence-corrected chi connectivity index (χ0v) is 9.46. The normalized spacial score (nSPS) is 21.1. The number of hydrogen-bond acceptors (Lipinski definition) is 6. The number of aliphatic imine (C=N–C) groups is 1. The topological polar surface area (TPSA) is 86.0 Å². The second-order valence-electron chi connectivity index (χ2n) is 4.00. The van der Waals surface area contributed by atoms with Crippen molar-refractivity contribution in [3.8, 4) is 11.5 Å². The maximum atomic E-state index is 10.6. The number of nitrogens with zero attached hydrogens (tertiary/aromatic N) is 2. The average Bonchev–Trinajstić information content (AvgIpc) is 2.91. The lowest BCUT2D eigenvalue weighted by atomic mass is 10.2. The highest BCUT2D eigenvalue weighted by molar-refractivity contribution is 5.88. The number of amidine groups is 1. The Labute approximate surface area is 103 Å². The molecule has 0 bridgehead atoms. The Morgan fingerprint density at radius 1 is 1.44 bits per heavy atom. The fourth-order valence-electron chi connectivity index (χ4n) is 1.94. The van der Waals surface area contributed by atoms with E-state index >= 15 is 0 Å². The van der Waals surface area contributed by atoms with Crippen LogP contribution >= 0.6 is 0 Å². The van der Waals surface area contributed by atoms with Gasteiger partial charge in [0.1, 0.15) is 12.4 Å². The van der Waals surface area contributed by atoms with Crippen molar-refractivity contribution in [3.05, 3.63) is 28.3 Å². The van der Waals surface area contributed by atoms with Crippen LogP contribution in [0.4, 0.5) is 5.69 Å². The van der Waals surface area contributed by atoms with Gasteiger partial charge in [-0.05, 0) is 6.07 Å². The largest absolute Gasteiger partial charge is 0.485 e. The van der Waals surface area contributed by atoms with Crippen molar-refractivity contribution in [3.63, 3.8) is 0 Å². The molecule has 0 aromatic heterocycles. The molecule has 1 N–H and O–H groups in total. The summed E-state index contributed by atoms with van der Waals surface area (Å²) >= 11 is 0. The third kappa shape index (κ3) is 1.83. The molecule has 1 unspecified atom stereocenters. The van der Waals surface area contributed by atoms with Gasteiger partial charge in [-0.3, -0.25) is 15.1 Å². The first-order chi connectivity index (χ1) is 8.74. The number of benzene rings is 1. The lowest BCUT2D eigenvalue weighted by Gasteiger charge is -2.26. The van der Waals surface area contributed by atoms with Crippen molar-refractivity contribution < 1.29 is 14.4 Å². The molecule has 0 saturated carbocycles. The van der Waals surface area contributed by atoms with Crippen LogP contribution in [0.3, 0.4) is 0 Å². The molecule has 0 fully saturated rings. The lowest BCUT2D eigenvalue weighted by molar-refractivity contribution is -0.385. The minimum atomic E-state index is -0.460. The van der Waals surface area contributed by atoms with E-state index < -0.39 is 4.92 Å². The molecule has 7 heteroatoms. The van der Waals surface area contributed by atoms with Crippen LogP contribution in [0.15, 0.2) is 23.2 Å². The van der Waals surface area contributed by atoms with E-state index in [0.717, 1.165) is 18.9 Å². The quantitative estimate of drug-likeness (QED) is 0.617. The first kappa shape index (κ1) is 10.8. The summed E-state index contributed by atoms with van der Waals surface area (Å²) in [4.78, 5) is 14.5. The van der Waals surface area contributed by atoms with Gasteiger partial charge in [0.15, 0.2) is 17.6 Å². The van der Waals surface area contributed by atoms with E-state index in [-0.39, 0.29) is 11.8 Å². The molecule has 7 nitrogen and oxygen atoms in total. The van der Waals surface area contributed by atoms with Crippen molar-refractivity contribution in [2.24, 2.45) is 4.99 Å². The van der Waals surface area contributed by atoms with Crippen molar-refractivity contribution in [2.45, 2.75) is 6.10 Å². The highest BCUT2D eigenvalue weighted by Crippen LogP contribution is 2.35. The van der Waals surface area contributed by atoms with Crippen LogP contribution in [0.25, 0.3) is 0 Å². The van der Waals surface area contributed by atoms with Crippen LogP contribution in [0.2, 0.25) is 0 Å². The predicted molar refractivity (Wildman–Crippen MR) is 63.3 cm³/mol. The lowest BCUT2D eigenvalue weighted by Crippen LogP contribution is -2.42. The number of ether oxygens (including phenoxy) is 2. The van der Waals surface area contributed by atoms with E-state index in [1.54, 1.807) is 6.07 Å². The van der Waals surface area contributed by atoms with E-state index in [4.69, 9.17) is 9.47 Å². The number of nitrogens with one attached hydrogen (secondary N) is 1. The molecule has 1 aromatic carbocycles.